The maximum atomic E-state index is 14.0. The van der Waals surface area contributed by atoms with Gasteiger partial charge in [-0.2, -0.15) is 4.31 Å². The maximum absolute atomic E-state index is 14.0. The number of benzene rings is 3. The number of carbonyl (C=O) groups is 2. The molecule has 4 rings (SSSR count). The molecule has 0 aliphatic rings. The van der Waals surface area contributed by atoms with Crippen LogP contribution in [0.5, 0.6) is 0 Å². The zero-order valence-electron chi connectivity index (χ0n) is 22.6. The molecule has 0 bridgehead atoms. The summed E-state index contributed by atoms with van der Waals surface area (Å²) < 4.78 is 40.3. The highest BCUT2D eigenvalue weighted by Gasteiger charge is 2.33. The van der Waals surface area contributed by atoms with Crippen molar-refractivity contribution in [2.45, 2.75) is 25.7 Å². The van der Waals surface area contributed by atoms with E-state index in [9.17, 15) is 22.4 Å². The zero-order valence-corrected chi connectivity index (χ0v) is 23.4. The monoisotopic (exact) mass is 574 g/mol. The van der Waals surface area contributed by atoms with Crippen molar-refractivity contribution in [2.24, 2.45) is 0 Å². The van der Waals surface area contributed by atoms with Gasteiger partial charge in [0, 0.05) is 32.0 Å². The Morgan fingerprint density at radius 1 is 0.805 bits per heavy atom. The zero-order chi connectivity index (χ0) is 29.2. The van der Waals surface area contributed by atoms with Crippen LogP contribution in [0.25, 0.3) is 0 Å². The van der Waals surface area contributed by atoms with Gasteiger partial charge in [0.05, 0.1) is 12.8 Å². The van der Waals surface area contributed by atoms with Crippen LogP contribution >= 0.6 is 0 Å². The third-order valence-corrected chi connectivity index (χ3v) is 7.66. The summed E-state index contributed by atoms with van der Waals surface area (Å²) in [6.45, 7) is -0.354. The fourth-order valence-electron chi connectivity index (χ4n) is 4.32. The molecule has 10 heteroatoms. The molecule has 0 radical (unpaired) electrons. The van der Waals surface area contributed by atoms with E-state index in [-0.39, 0.29) is 19.6 Å². The molecule has 0 aliphatic carbocycles. The quantitative estimate of drug-likeness (QED) is 0.275. The van der Waals surface area contributed by atoms with Crippen molar-refractivity contribution in [3.8, 4) is 0 Å². The summed E-state index contributed by atoms with van der Waals surface area (Å²) in [6.07, 6.45) is 4.28. The molecule has 3 aromatic carbocycles. The summed E-state index contributed by atoms with van der Waals surface area (Å²) in [4.78, 5) is 33.1. The van der Waals surface area contributed by atoms with Gasteiger partial charge in [-0.05, 0) is 46.5 Å². The van der Waals surface area contributed by atoms with Crippen LogP contribution in [-0.4, -0.2) is 47.2 Å². The minimum absolute atomic E-state index is 0.0138. The Kier molecular flexibility index (Phi) is 9.94. The number of pyridine rings is 1. The molecule has 0 saturated carbocycles. The molecule has 1 N–H and O–H groups in total. The Morgan fingerprint density at radius 2 is 1.39 bits per heavy atom. The summed E-state index contributed by atoms with van der Waals surface area (Å²) in [5.74, 6) is -1.46. The Morgan fingerprint density at radius 3 is 2.00 bits per heavy atom. The van der Waals surface area contributed by atoms with Gasteiger partial charge >= 0.3 is 0 Å². The summed E-state index contributed by atoms with van der Waals surface area (Å²) in [5, 5.41) is 2.90. The number of hydrogen-bond donors (Lipinski definition) is 1. The van der Waals surface area contributed by atoms with Crippen LogP contribution in [0.2, 0.25) is 0 Å². The number of halogens is 1. The lowest BCUT2D eigenvalue weighted by Crippen LogP contribution is -2.47. The molecule has 8 nitrogen and oxygen atoms in total. The molecule has 0 unspecified atom stereocenters. The highest BCUT2D eigenvalue weighted by atomic mass is 32.2. The largest absolute Gasteiger partial charge is 0.350 e. The summed E-state index contributed by atoms with van der Waals surface area (Å²) >= 11 is 0. The van der Waals surface area contributed by atoms with Gasteiger partial charge < -0.3 is 10.2 Å². The van der Waals surface area contributed by atoms with E-state index in [4.69, 9.17) is 0 Å². The van der Waals surface area contributed by atoms with Crippen LogP contribution in [0.1, 0.15) is 28.3 Å². The van der Waals surface area contributed by atoms with Crippen molar-refractivity contribution in [1.29, 1.82) is 0 Å². The second-order valence-corrected chi connectivity index (χ2v) is 11.5. The lowest BCUT2D eigenvalue weighted by Gasteiger charge is -2.33. The van der Waals surface area contributed by atoms with Crippen LogP contribution < -0.4 is 5.32 Å². The topological polar surface area (TPSA) is 99.7 Å². The number of carbonyl (C=O) groups excluding carboxylic acids is 2. The van der Waals surface area contributed by atoms with Crippen molar-refractivity contribution in [3.63, 3.8) is 0 Å². The van der Waals surface area contributed by atoms with Crippen molar-refractivity contribution in [2.75, 3.05) is 12.8 Å². The van der Waals surface area contributed by atoms with Crippen LogP contribution in [0.3, 0.4) is 0 Å². The fraction of sp³-hybridized carbons (Fsp3) is 0.194. The van der Waals surface area contributed by atoms with Gasteiger partial charge in [-0.25, -0.2) is 12.8 Å². The molecular formula is C31H31FN4O4S. The highest BCUT2D eigenvalue weighted by Crippen LogP contribution is 2.25. The minimum Gasteiger partial charge on any atom is -0.350 e. The fourth-order valence-corrected chi connectivity index (χ4v) is 5.05. The number of nitrogens with one attached hydrogen (secondary N) is 1. The van der Waals surface area contributed by atoms with Crippen LogP contribution in [0, 0.1) is 5.82 Å². The van der Waals surface area contributed by atoms with Crippen LogP contribution in [0.15, 0.2) is 109 Å². The number of sulfonamides is 1. The first kappa shape index (κ1) is 29.6. The Labute approximate surface area is 239 Å². The first-order valence-electron chi connectivity index (χ1n) is 13.0. The van der Waals surface area contributed by atoms with Crippen LogP contribution in [0.4, 0.5) is 4.39 Å². The minimum atomic E-state index is -3.80. The maximum Gasteiger partial charge on any atom is 0.247 e. The Balaban J connectivity index is 1.69. The molecule has 41 heavy (non-hydrogen) atoms. The van der Waals surface area contributed by atoms with E-state index in [0.29, 0.717) is 16.7 Å². The lowest BCUT2D eigenvalue weighted by atomic mass is 10.0. The summed E-state index contributed by atoms with van der Waals surface area (Å²) in [7, 11) is -3.80. The van der Waals surface area contributed by atoms with Crippen molar-refractivity contribution in [3.05, 3.63) is 138 Å². The first-order chi connectivity index (χ1) is 19.7. The molecule has 0 saturated heterocycles. The van der Waals surface area contributed by atoms with E-state index in [0.717, 1.165) is 16.1 Å². The third-order valence-electron chi connectivity index (χ3n) is 6.46. The third kappa shape index (κ3) is 8.54. The van der Waals surface area contributed by atoms with Gasteiger partial charge in [-0.15, -0.1) is 0 Å². The Bertz CT molecular complexity index is 1540. The average Bonchev–Trinajstić information content (AvgIpc) is 2.97. The van der Waals surface area contributed by atoms with Gasteiger partial charge in [0.1, 0.15) is 11.9 Å². The summed E-state index contributed by atoms with van der Waals surface area (Å²) in [6, 6.07) is 25.8. The van der Waals surface area contributed by atoms with E-state index < -0.39 is 40.2 Å². The standard InChI is InChI=1S/C31H31FN4O4S/c1-41(39,40)35(21-25-8-4-2-5-9-25)23-29(37)36(22-26-12-14-28(32)15-13-26)30(27-10-6-3-7-11-27)31(38)34-20-24-16-18-33-19-17-24/h2-19,30H,20-23H2,1H3,(H,34,38)/t30-/m1/s1. The van der Waals surface area contributed by atoms with Gasteiger partial charge in [0.15, 0.2) is 0 Å². The van der Waals surface area contributed by atoms with Gasteiger partial charge in [-0.1, -0.05) is 72.8 Å². The highest BCUT2D eigenvalue weighted by molar-refractivity contribution is 7.88. The molecule has 1 atom stereocenters. The lowest BCUT2D eigenvalue weighted by molar-refractivity contribution is -0.141. The molecule has 2 amide bonds. The number of aromatic nitrogens is 1. The second kappa shape index (κ2) is 13.8. The van der Waals surface area contributed by atoms with Crippen molar-refractivity contribution in [1.82, 2.24) is 19.5 Å². The predicted molar refractivity (Wildman–Crippen MR) is 154 cm³/mol. The first-order valence-corrected chi connectivity index (χ1v) is 14.8. The normalized spacial score (nSPS) is 12.1. The van der Waals surface area contributed by atoms with Crippen molar-refractivity contribution < 1.29 is 22.4 Å². The predicted octanol–water partition coefficient (Wildman–Crippen LogP) is 4.07. The van der Waals surface area contributed by atoms with E-state index in [2.05, 4.69) is 10.3 Å². The smallest absolute Gasteiger partial charge is 0.247 e. The van der Waals surface area contributed by atoms with Gasteiger partial charge in [0.2, 0.25) is 21.8 Å². The number of hydrogen-bond acceptors (Lipinski definition) is 5. The van der Waals surface area contributed by atoms with E-state index >= 15 is 0 Å². The van der Waals surface area contributed by atoms with Gasteiger partial charge in [-0.3, -0.25) is 14.6 Å². The molecular weight excluding hydrogens is 543 g/mol. The molecule has 0 aliphatic heterocycles. The Hall–Kier alpha value is -4.41. The van der Waals surface area contributed by atoms with E-state index in [1.165, 1.54) is 29.2 Å². The van der Waals surface area contributed by atoms with Crippen LogP contribution in [-0.2, 0) is 39.2 Å². The van der Waals surface area contributed by atoms with Crippen molar-refractivity contribution >= 4 is 21.8 Å². The average molecular weight is 575 g/mol. The molecule has 1 heterocycles. The molecule has 0 fully saturated rings. The van der Waals surface area contributed by atoms with E-state index in [1.54, 1.807) is 79.1 Å². The van der Waals surface area contributed by atoms with Gasteiger partial charge in [0.25, 0.3) is 0 Å². The SMILES string of the molecule is CS(=O)(=O)N(CC(=O)N(Cc1ccc(F)cc1)[C@@H](C(=O)NCc1ccncc1)c1ccccc1)Cc1ccccc1. The molecule has 212 valence electrons. The van der Waals surface area contributed by atoms with E-state index in [1.807, 2.05) is 6.07 Å². The second-order valence-electron chi connectivity index (χ2n) is 9.55. The number of amides is 2. The summed E-state index contributed by atoms with van der Waals surface area (Å²) in [5.41, 5.74) is 2.66. The molecule has 1 aromatic heterocycles. The number of nitrogens with zero attached hydrogens (tertiary/aromatic N) is 3. The number of rotatable bonds is 12. The molecule has 4 aromatic rings. The molecule has 0 spiro atoms.